The Labute approximate surface area is 100 Å². The number of unbranched alkanes of at least 4 members (excludes halogenated alkanes) is 3. The van der Waals surface area contributed by atoms with Crippen molar-refractivity contribution in [2.24, 2.45) is 5.92 Å². The van der Waals surface area contributed by atoms with Crippen molar-refractivity contribution in [2.75, 3.05) is 13.7 Å². The summed E-state index contributed by atoms with van der Waals surface area (Å²) in [5, 5.41) is 3.47. The van der Waals surface area contributed by atoms with E-state index in [2.05, 4.69) is 25.9 Å². The summed E-state index contributed by atoms with van der Waals surface area (Å²) >= 11 is 0. The van der Waals surface area contributed by atoms with Crippen molar-refractivity contribution in [2.45, 2.75) is 57.6 Å². The van der Waals surface area contributed by atoms with Crippen LogP contribution in [0.1, 0.15) is 45.4 Å². The molecule has 0 radical (unpaired) electrons. The molecule has 0 aromatic rings. The van der Waals surface area contributed by atoms with E-state index in [1.165, 1.54) is 32.1 Å². The van der Waals surface area contributed by atoms with Gasteiger partial charge in [-0.1, -0.05) is 18.9 Å². The minimum atomic E-state index is 0.436. The highest BCUT2D eigenvalue weighted by molar-refractivity contribution is 4.83. The number of allylic oxidation sites excluding steroid dienone is 1. The maximum absolute atomic E-state index is 5.64. The Bertz CT molecular complexity index is 193. The highest BCUT2D eigenvalue weighted by Crippen LogP contribution is 2.26. The first-order valence-electron chi connectivity index (χ1n) is 6.69. The molecule has 1 aliphatic heterocycles. The SMILES string of the molecule is C=CCCCCCC(NC)C1CCOC1C. The Kier molecular flexibility index (Phi) is 6.74. The van der Waals surface area contributed by atoms with Gasteiger partial charge in [-0.3, -0.25) is 0 Å². The maximum Gasteiger partial charge on any atom is 0.0590 e. The molecule has 1 heterocycles. The van der Waals surface area contributed by atoms with Gasteiger partial charge < -0.3 is 10.1 Å². The molecule has 2 nitrogen and oxygen atoms in total. The van der Waals surface area contributed by atoms with Crippen molar-refractivity contribution in [1.82, 2.24) is 5.32 Å². The molecule has 16 heavy (non-hydrogen) atoms. The highest BCUT2D eigenvalue weighted by Gasteiger charge is 2.30. The molecule has 0 aliphatic carbocycles. The summed E-state index contributed by atoms with van der Waals surface area (Å²) in [5.74, 6) is 0.712. The van der Waals surface area contributed by atoms with Crippen molar-refractivity contribution < 1.29 is 4.74 Å². The van der Waals surface area contributed by atoms with E-state index in [4.69, 9.17) is 4.74 Å². The van der Waals surface area contributed by atoms with Crippen LogP contribution in [0.4, 0.5) is 0 Å². The third-order valence-corrected chi connectivity index (χ3v) is 3.75. The van der Waals surface area contributed by atoms with Crippen LogP contribution in [-0.4, -0.2) is 25.8 Å². The number of nitrogens with one attached hydrogen (secondary N) is 1. The Morgan fingerprint density at radius 2 is 2.25 bits per heavy atom. The molecule has 1 aliphatic rings. The standard InChI is InChI=1S/C14H27NO/c1-4-5-6-7-8-9-14(15-3)13-10-11-16-12(13)2/h4,12-15H,1,5-11H2,2-3H3. The minimum Gasteiger partial charge on any atom is -0.378 e. The Morgan fingerprint density at radius 3 is 2.81 bits per heavy atom. The van der Waals surface area contributed by atoms with Gasteiger partial charge in [0.25, 0.3) is 0 Å². The van der Waals surface area contributed by atoms with Crippen molar-refractivity contribution >= 4 is 0 Å². The Balaban J connectivity index is 2.18. The molecule has 3 unspecified atom stereocenters. The molecule has 94 valence electrons. The van der Waals surface area contributed by atoms with Crippen LogP contribution in [0.25, 0.3) is 0 Å². The number of ether oxygens (including phenoxy) is 1. The lowest BCUT2D eigenvalue weighted by Crippen LogP contribution is -2.36. The molecule has 0 aromatic heterocycles. The summed E-state index contributed by atoms with van der Waals surface area (Å²) in [6.45, 7) is 6.91. The quantitative estimate of drug-likeness (QED) is 0.506. The van der Waals surface area contributed by atoms with E-state index in [9.17, 15) is 0 Å². The molecule has 0 amide bonds. The van der Waals surface area contributed by atoms with Crippen molar-refractivity contribution in [3.8, 4) is 0 Å². The molecule has 1 fully saturated rings. The van der Waals surface area contributed by atoms with Gasteiger partial charge in [-0.05, 0) is 39.7 Å². The van der Waals surface area contributed by atoms with Crippen molar-refractivity contribution in [3.05, 3.63) is 12.7 Å². The molecular formula is C14H27NO. The normalized spacial score (nSPS) is 26.9. The maximum atomic E-state index is 5.64. The van der Waals surface area contributed by atoms with Crippen molar-refractivity contribution in [3.63, 3.8) is 0 Å². The van der Waals surface area contributed by atoms with Gasteiger partial charge >= 0.3 is 0 Å². The van der Waals surface area contributed by atoms with Gasteiger partial charge in [0.1, 0.15) is 0 Å². The molecule has 3 atom stereocenters. The molecule has 2 heteroatoms. The first kappa shape index (κ1) is 13.7. The summed E-state index contributed by atoms with van der Waals surface area (Å²) in [6.07, 6.45) is 10.1. The second kappa shape index (κ2) is 7.86. The third-order valence-electron chi connectivity index (χ3n) is 3.75. The number of hydrogen-bond donors (Lipinski definition) is 1. The van der Waals surface area contributed by atoms with Crippen LogP contribution >= 0.6 is 0 Å². The average Bonchev–Trinajstić information content (AvgIpc) is 2.70. The van der Waals surface area contributed by atoms with E-state index in [-0.39, 0.29) is 0 Å². The van der Waals surface area contributed by atoms with Crippen LogP contribution in [0.15, 0.2) is 12.7 Å². The zero-order chi connectivity index (χ0) is 11.8. The number of rotatable bonds is 8. The lowest BCUT2D eigenvalue weighted by molar-refractivity contribution is 0.0949. The lowest BCUT2D eigenvalue weighted by atomic mass is 9.89. The summed E-state index contributed by atoms with van der Waals surface area (Å²) in [4.78, 5) is 0. The van der Waals surface area contributed by atoms with Crippen LogP contribution in [0.5, 0.6) is 0 Å². The lowest BCUT2D eigenvalue weighted by Gasteiger charge is -2.25. The molecule has 0 bridgehead atoms. The van der Waals surface area contributed by atoms with E-state index in [1.54, 1.807) is 0 Å². The molecule has 0 aromatic carbocycles. The fourth-order valence-corrected chi connectivity index (χ4v) is 2.68. The minimum absolute atomic E-state index is 0.436. The van der Waals surface area contributed by atoms with Crippen LogP contribution in [0.2, 0.25) is 0 Å². The van der Waals surface area contributed by atoms with Gasteiger partial charge in [0.15, 0.2) is 0 Å². The molecular weight excluding hydrogens is 198 g/mol. The van der Waals surface area contributed by atoms with E-state index in [0.717, 1.165) is 13.0 Å². The first-order chi connectivity index (χ1) is 7.79. The second-order valence-corrected chi connectivity index (χ2v) is 4.85. The van der Waals surface area contributed by atoms with Crippen LogP contribution in [-0.2, 0) is 4.74 Å². The van der Waals surface area contributed by atoms with Crippen LogP contribution < -0.4 is 5.32 Å². The smallest absolute Gasteiger partial charge is 0.0590 e. The summed E-state index contributed by atoms with van der Waals surface area (Å²) in [6, 6.07) is 0.640. The van der Waals surface area contributed by atoms with Gasteiger partial charge in [-0.15, -0.1) is 6.58 Å². The predicted octanol–water partition coefficient (Wildman–Crippen LogP) is 3.14. The number of hydrogen-bond acceptors (Lipinski definition) is 2. The van der Waals surface area contributed by atoms with E-state index >= 15 is 0 Å². The zero-order valence-corrected chi connectivity index (χ0v) is 10.9. The molecule has 1 N–H and O–H groups in total. The van der Waals surface area contributed by atoms with Gasteiger partial charge in [0, 0.05) is 18.6 Å². The van der Waals surface area contributed by atoms with Gasteiger partial charge in [-0.2, -0.15) is 0 Å². The van der Waals surface area contributed by atoms with Gasteiger partial charge in [0.05, 0.1) is 6.10 Å². The Hall–Kier alpha value is -0.340. The topological polar surface area (TPSA) is 21.3 Å². The Morgan fingerprint density at radius 1 is 1.44 bits per heavy atom. The van der Waals surface area contributed by atoms with Gasteiger partial charge in [0.2, 0.25) is 0 Å². The molecule has 1 saturated heterocycles. The second-order valence-electron chi connectivity index (χ2n) is 4.85. The summed E-state index contributed by atoms with van der Waals surface area (Å²) in [7, 11) is 2.08. The van der Waals surface area contributed by atoms with E-state index in [0.29, 0.717) is 18.1 Å². The fourth-order valence-electron chi connectivity index (χ4n) is 2.68. The molecule has 0 saturated carbocycles. The summed E-state index contributed by atoms with van der Waals surface area (Å²) in [5.41, 5.74) is 0. The fraction of sp³-hybridized carbons (Fsp3) is 0.857. The zero-order valence-electron chi connectivity index (χ0n) is 10.9. The monoisotopic (exact) mass is 225 g/mol. The summed E-state index contributed by atoms with van der Waals surface area (Å²) < 4.78 is 5.64. The van der Waals surface area contributed by atoms with E-state index in [1.807, 2.05) is 6.08 Å². The largest absolute Gasteiger partial charge is 0.378 e. The highest BCUT2D eigenvalue weighted by atomic mass is 16.5. The van der Waals surface area contributed by atoms with Gasteiger partial charge in [-0.25, -0.2) is 0 Å². The molecule has 0 spiro atoms. The van der Waals surface area contributed by atoms with Crippen molar-refractivity contribution in [1.29, 1.82) is 0 Å². The third kappa shape index (κ3) is 4.26. The van der Waals surface area contributed by atoms with Crippen LogP contribution in [0, 0.1) is 5.92 Å². The predicted molar refractivity (Wildman–Crippen MR) is 69.7 cm³/mol. The van der Waals surface area contributed by atoms with E-state index < -0.39 is 0 Å². The van der Waals surface area contributed by atoms with Crippen LogP contribution in [0.3, 0.4) is 0 Å². The average molecular weight is 225 g/mol. The first-order valence-corrected chi connectivity index (χ1v) is 6.69. The molecule has 1 rings (SSSR count).